The van der Waals surface area contributed by atoms with Gasteiger partial charge in [-0.3, -0.25) is 0 Å². The Labute approximate surface area is 98.8 Å². The highest BCUT2D eigenvalue weighted by Gasteiger charge is 2.14. The van der Waals surface area contributed by atoms with Gasteiger partial charge in [-0.15, -0.1) is 6.58 Å². The number of hydrogen-bond acceptors (Lipinski definition) is 1. The summed E-state index contributed by atoms with van der Waals surface area (Å²) in [7, 11) is 0. The minimum Gasteiger partial charge on any atom is -0.393 e. The second-order valence-electron chi connectivity index (χ2n) is 4.28. The summed E-state index contributed by atoms with van der Waals surface area (Å²) in [5.41, 5.74) is 1.29. The minimum atomic E-state index is -0.252. The fourth-order valence-electron chi connectivity index (χ4n) is 1.97. The summed E-state index contributed by atoms with van der Waals surface area (Å²) in [6.45, 7) is 5.93. The summed E-state index contributed by atoms with van der Waals surface area (Å²) in [5, 5.41) is 10.0. The number of benzene rings is 1. The van der Waals surface area contributed by atoms with Gasteiger partial charge in [-0.25, -0.2) is 0 Å². The van der Waals surface area contributed by atoms with Gasteiger partial charge in [-0.1, -0.05) is 49.8 Å². The Kier molecular flexibility index (Phi) is 5.87. The van der Waals surface area contributed by atoms with Crippen LogP contribution < -0.4 is 0 Å². The van der Waals surface area contributed by atoms with E-state index < -0.39 is 0 Å². The second-order valence-corrected chi connectivity index (χ2v) is 4.28. The fourth-order valence-corrected chi connectivity index (χ4v) is 1.97. The van der Waals surface area contributed by atoms with Crippen molar-refractivity contribution < 1.29 is 5.11 Å². The topological polar surface area (TPSA) is 20.2 Å². The summed E-state index contributed by atoms with van der Waals surface area (Å²) >= 11 is 0. The molecule has 1 nitrogen and oxygen atoms in total. The van der Waals surface area contributed by atoms with E-state index in [4.69, 9.17) is 0 Å². The molecule has 0 aliphatic carbocycles. The van der Waals surface area contributed by atoms with Gasteiger partial charge < -0.3 is 5.11 Å². The molecule has 2 unspecified atom stereocenters. The Bertz CT molecular complexity index is 292. The first-order valence-corrected chi connectivity index (χ1v) is 6.12. The molecular weight excluding hydrogens is 196 g/mol. The van der Waals surface area contributed by atoms with Crippen molar-refractivity contribution in [2.45, 2.75) is 38.7 Å². The lowest BCUT2D eigenvalue weighted by Gasteiger charge is -2.18. The zero-order valence-electron chi connectivity index (χ0n) is 10.1. The number of aryl methyl sites for hydroxylation is 1. The molecule has 0 fully saturated rings. The lowest BCUT2D eigenvalue weighted by atomic mass is 9.93. The Morgan fingerprint density at radius 2 is 1.94 bits per heavy atom. The van der Waals surface area contributed by atoms with Gasteiger partial charge in [0.2, 0.25) is 0 Å². The van der Waals surface area contributed by atoms with E-state index in [9.17, 15) is 5.11 Å². The molecule has 1 aromatic rings. The van der Waals surface area contributed by atoms with Crippen molar-refractivity contribution >= 4 is 0 Å². The first kappa shape index (κ1) is 13.0. The maximum Gasteiger partial charge on any atom is 0.0605 e. The third kappa shape index (κ3) is 4.19. The number of hydrogen-bond donors (Lipinski definition) is 1. The van der Waals surface area contributed by atoms with Crippen molar-refractivity contribution in [2.24, 2.45) is 5.92 Å². The van der Waals surface area contributed by atoms with E-state index in [1.54, 1.807) is 0 Å². The normalized spacial score (nSPS) is 14.4. The van der Waals surface area contributed by atoms with Crippen molar-refractivity contribution in [1.29, 1.82) is 0 Å². The predicted molar refractivity (Wildman–Crippen MR) is 69.4 cm³/mol. The van der Waals surface area contributed by atoms with Crippen LogP contribution in [0, 0.1) is 5.92 Å². The van der Waals surface area contributed by atoms with Crippen LogP contribution in [-0.2, 0) is 6.42 Å². The van der Waals surface area contributed by atoms with Gasteiger partial charge in [0, 0.05) is 5.92 Å². The second kappa shape index (κ2) is 7.24. The van der Waals surface area contributed by atoms with Crippen LogP contribution in [0.3, 0.4) is 0 Å². The van der Waals surface area contributed by atoms with Gasteiger partial charge in [0.25, 0.3) is 0 Å². The zero-order chi connectivity index (χ0) is 11.8. The van der Waals surface area contributed by atoms with Crippen LogP contribution >= 0.6 is 0 Å². The molecule has 0 saturated carbocycles. The number of aliphatic hydroxyl groups is 1. The molecule has 1 aromatic carbocycles. The van der Waals surface area contributed by atoms with Gasteiger partial charge in [0.15, 0.2) is 0 Å². The first-order valence-electron chi connectivity index (χ1n) is 6.12. The zero-order valence-corrected chi connectivity index (χ0v) is 10.1. The molecule has 0 bridgehead atoms. The first-order chi connectivity index (χ1) is 7.77. The molecule has 0 aromatic heterocycles. The van der Waals surface area contributed by atoms with E-state index in [1.165, 1.54) is 5.56 Å². The maximum atomic E-state index is 10.0. The largest absolute Gasteiger partial charge is 0.393 e. The standard InChI is InChI=1S/C15H22O/c1-3-8-14(4-2)15(16)12-11-13-9-6-5-7-10-13/h4-7,9-10,14-16H,2-3,8,11-12H2,1H3. The fraction of sp³-hybridized carbons (Fsp3) is 0.467. The van der Waals surface area contributed by atoms with E-state index in [1.807, 2.05) is 24.3 Å². The highest BCUT2D eigenvalue weighted by Crippen LogP contribution is 2.17. The highest BCUT2D eigenvalue weighted by molar-refractivity contribution is 5.14. The average Bonchev–Trinajstić information content (AvgIpc) is 2.34. The molecule has 0 aliphatic rings. The van der Waals surface area contributed by atoms with Crippen molar-refractivity contribution in [2.75, 3.05) is 0 Å². The summed E-state index contributed by atoms with van der Waals surface area (Å²) in [4.78, 5) is 0. The molecule has 2 atom stereocenters. The van der Waals surface area contributed by atoms with Gasteiger partial charge in [-0.2, -0.15) is 0 Å². The minimum absolute atomic E-state index is 0.244. The molecule has 0 amide bonds. The quantitative estimate of drug-likeness (QED) is 0.693. The number of aliphatic hydroxyl groups excluding tert-OH is 1. The van der Waals surface area contributed by atoms with E-state index in [2.05, 4.69) is 25.6 Å². The van der Waals surface area contributed by atoms with E-state index in [-0.39, 0.29) is 12.0 Å². The summed E-state index contributed by atoms with van der Waals surface area (Å²) in [5.74, 6) is 0.244. The van der Waals surface area contributed by atoms with Gasteiger partial charge >= 0.3 is 0 Å². The van der Waals surface area contributed by atoms with Crippen LogP contribution in [0.5, 0.6) is 0 Å². The molecule has 1 heteroatoms. The molecule has 16 heavy (non-hydrogen) atoms. The van der Waals surface area contributed by atoms with Crippen LogP contribution in [-0.4, -0.2) is 11.2 Å². The summed E-state index contributed by atoms with van der Waals surface area (Å²) < 4.78 is 0. The Morgan fingerprint density at radius 1 is 1.25 bits per heavy atom. The smallest absolute Gasteiger partial charge is 0.0605 e. The van der Waals surface area contributed by atoms with Crippen LogP contribution in [0.4, 0.5) is 0 Å². The molecular formula is C15H22O. The monoisotopic (exact) mass is 218 g/mol. The van der Waals surface area contributed by atoms with Gasteiger partial charge in [0.1, 0.15) is 0 Å². The third-order valence-corrected chi connectivity index (χ3v) is 2.99. The SMILES string of the molecule is C=CC(CCC)C(O)CCc1ccccc1. The molecule has 0 aliphatic heterocycles. The lowest BCUT2D eigenvalue weighted by molar-refractivity contribution is 0.116. The Morgan fingerprint density at radius 3 is 2.50 bits per heavy atom. The van der Waals surface area contributed by atoms with Crippen LogP contribution in [0.1, 0.15) is 31.7 Å². The van der Waals surface area contributed by atoms with Crippen molar-refractivity contribution in [3.8, 4) is 0 Å². The third-order valence-electron chi connectivity index (χ3n) is 2.99. The molecule has 1 N–H and O–H groups in total. The molecule has 0 saturated heterocycles. The lowest BCUT2D eigenvalue weighted by Crippen LogP contribution is -2.19. The molecule has 0 radical (unpaired) electrons. The predicted octanol–water partition coefficient (Wildman–Crippen LogP) is 3.58. The van der Waals surface area contributed by atoms with Crippen molar-refractivity contribution in [1.82, 2.24) is 0 Å². The highest BCUT2D eigenvalue weighted by atomic mass is 16.3. The van der Waals surface area contributed by atoms with E-state index >= 15 is 0 Å². The van der Waals surface area contributed by atoms with E-state index in [0.717, 1.165) is 25.7 Å². The molecule has 1 rings (SSSR count). The molecule has 0 spiro atoms. The Balaban J connectivity index is 2.39. The summed E-state index contributed by atoms with van der Waals surface area (Å²) in [6.07, 6.45) is 5.52. The van der Waals surface area contributed by atoms with Crippen molar-refractivity contribution in [3.05, 3.63) is 48.6 Å². The van der Waals surface area contributed by atoms with E-state index in [0.29, 0.717) is 0 Å². The molecule has 88 valence electrons. The Hall–Kier alpha value is -1.08. The van der Waals surface area contributed by atoms with Crippen LogP contribution in [0.15, 0.2) is 43.0 Å². The number of rotatable bonds is 7. The van der Waals surface area contributed by atoms with Crippen LogP contribution in [0.25, 0.3) is 0 Å². The summed E-state index contributed by atoms with van der Waals surface area (Å²) in [6, 6.07) is 10.3. The average molecular weight is 218 g/mol. The maximum absolute atomic E-state index is 10.0. The van der Waals surface area contributed by atoms with Crippen molar-refractivity contribution in [3.63, 3.8) is 0 Å². The molecule has 0 heterocycles. The van der Waals surface area contributed by atoms with Gasteiger partial charge in [-0.05, 0) is 24.8 Å². The van der Waals surface area contributed by atoms with Crippen LogP contribution in [0.2, 0.25) is 0 Å². The van der Waals surface area contributed by atoms with Gasteiger partial charge in [0.05, 0.1) is 6.10 Å².